The SMILES string of the molecule is CC(C)NCc1ccc(Sc2ccc(Cl)c(Cl)c2)c(F)c1. The highest BCUT2D eigenvalue weighted by atomic mass is 35.5. The Morgan fingerprint density at radius 3 is 2.48 bits per heavy atom. The second kappa shape index (κ2) is 7.50. The summed E-state index contributed by atoms with van der Waals surface area (Å²) in [6, 6.07) is 10.9. The van der Waals surface area contributed by atoms with Gasteiger partial charge >= 0.3 is 0 Å². The van der Waals surface area contributed by atoms with E-state index in [9.17, 15) is 4.39 Å². The summed E-state index contributed by atoms with van der Waals surface area (Å²) in [5.41, 5.74) is 0.930. The molecule has 1 N–H and O–H groups in total. The average Bonchev–Trinajstić information content (AvgIpc) is 2.43. The van der Waals surface area contributed by atoms with E-state index in [1.54, 1.807) is 24.3 Å². The maximum atomic E-state index is 14.1. The highest BCUT2D eigenvalue weighted by molar-refractivity contribution is 7.99. The summed E-state index contributed by atoms with van der Waals surface area (Å²) in [4.78, 5) is 1.43. The van der Waals surface area contributed by atoms with Gasteiger partial charge in [-0.3, -0.25) is 0 Å². The van der Waals surface area contributed by atoms with Crippen LogP contribution < -0.4 is 5.32 Å². The molecule has 0 heterocycles. The molecule has 0 aromatic heterocycles. The molecule has 112 valence electrons. The Kier molecular flexibility index (Phi) is 5.94. The second-order valence-corrected chi connectivity index (χ2v) is 6.91. The van der Waals surface area contributed by atoms with E-state index in [4.69, 9.17) is 23.2 Å². The van der Waals surface area contributed by atoms with Crippen molar-refractivity contribution in [3.8, 4) is 0 Å². The third-order valence-electron chi connectivity index (χ3n) is 2.83. The lowest BCUT2D eigenvalue weighted by atomic mass is 10.2. The van der Waals surface area contributed by atoms with E-state index in [0.717, 1.165) is 10.5 Å². The van der Waals surface area contributed by atoms with Crippen molar-refractivity contribution < 1.29 is 4.39 Å². The Labute approximate surface area is 138 Å². The van der Waals surface area contributed by atoms with Crippen LogP contribution in [0.15, 0.2) is 46.2 Å². The van der Waals surface area contributed by atoms with Crippen molar-refractivity contribution in [1.29, 1.82) is 0 Å². The highest BCUT2D eigenvalue weighted by Gasteiger charge is 2.07. The van der Waals surface area contributed by atoms with E-state index >= 15 is 0 Å². The summed E-state index contributed by atoms with van der Waals surface area (Å²) >= 11 is 13.2. The van der Waals surface area contributed by atoms with Crippen molar-refractivity contribution in [2.75, 3.05) is 0 Å². The number of rotatable bonds is 5. The van der Waals surface area contributed by atoms with E-state index in [1.807, 2.05) is 12.1 Å². The van der Waals surface area contributed by atoms with E-state index in [-0.39, 0.29) is 5.82 Å². The van der Waals surface area contributed by atoms with Gasteiger partial charge in [0.05, 0.1) is 10.0 Å². The molecule has 5 heteroatoms. The largest absolute Gasteiger partial charge is 0.310 e. The lowest BCUT2D eigenvalue weighted by Gasteiger charge is -2.10. The van der Waals surface area contributed by atoms with Gasteiger partial charge in [0.15, 0.2) is 0 Å². The number of benzene rings is 2. The van der Waals surface area contributed by atoms with Gasteiger partial charge in [-0.05, 0) is 35.9 Å². The van der Waals surface area contributed by atoms with Gasteiger partial charge in [0, 0.05) is 22.4 Å². The van der Waals surface area contributed by atoms with Gasteiger partial charge in [0.2, 0.25) is 0 Å². The molecule has 2 aromatic carbocycles. The topological polar surface area (TPSA) is 12.0 Å². The first-order valence-electron chi connectivity index (χ1n) is 6.60. The monoisotopic (exact) mass is 343 g/mol. The van der Waals surface area contributed by atoms with Crippen LogP contribution in [-0.2, 0) is 6.54 Å². The minimum atomic E-state index is -0.228. The number of hydrogen-bond donors (Lipinski definition) is 1. The first kappa shape index (κ1) is 16.6. The van der Waals surface area contributed by atoms with Crippen molar-refractivity contribution in [2.24, 2.45) is 0 Å². The van der Waals surface area contributed by atoms with Crippen molar-refractivity contribution in [3.05, 3.63) is 57.8 Å². The summed E-state index contributed by atoms with van der Waals surface area (Å²) in [6.07, 6.45) is 0. The predicted molar refractivity (Wildman–Crippen MR) is 89.0 cm³/mol. The molecule has 0 unspecified atom stereocenters. The summed E-state index contributed by atoms with van der Waals surface area (Å²) in [5, 5.41) is 4.24. The zero-order chi connectivity index (χ0) is 15.4. The van der Waals surface area contributed by atoms with Crippen molar-refractivity contribution in [1.82, 2.24) is 5.32 Å². The van der Waals surface area contributed by atoms with E-state index < -0.39 is 0 Å². The van der Waals surface area contributed by atoms with E-state index in [2.05, 4.69) is 19.2 Å². The normalized spacial score (nSPS) is 11.1. The van der Waals surface area contributed by atoms with Crippen LogP contribution in [0.25, 0.3) is 0 Å². The Balaban J connectivity index is 2.11. The molecule has 0 aliphatic carbocycles. The molecule has 0 saturated heterocycles. The third kappa shape index (κ3) is 4.89. The van der Waals surface area contributed by atoms with Gasteiger partial charge in [-0.2, -0.15) is 0 Å². The Morgan fingerprint density at radius 1 is 1.10 bits per heavy atom. The molecule has 0 amide bonds. The van der Waals surface area contributed by atoms with Crippen molar-refractivity contribution in [2.45, 2.75) is 36.2 Å². The van der Waals surface area contributed by atoms with E-state index in [0.29, 0.717) is 27.5 Å². The Bertz CT molecular complexity index is 632. The first-order chi connectivity index (χ1) is 9.95. The lowest BCUT2D eigenvalue weighted by molar-refractivity contribution is 0.574. The molecular formula is C16H16Cl2FNS. The maximum absolute atomic E-state index is 14.1. The maximum Gasteiger partial charge on any atom is 0.137 e. The molecule has 0 bridgehead atoms. The minimum Gasteiger partial charge on any atom is -0.310 e. The third-order valence-corrected chi connectivity index (χ3v) is 4.61. The highest BCUT2D eigenvalue weighted by Crippen LogP contribution is 2.34. The van der Waals surface area contributed by atoms with Gasteiger partial charge in [-0.1, -0.05) is 54.9 Å². The molecular weight excluding hydrogens is 328 g/mol. The summed E-state index contributed by atoms with van der Waals surface area (Å²) < 4.78 is 14.1. The zero-order valence-corrected chi connectivity index (χ0v) is 14.1. The second-order valence-electron chi connectivity index (χ2n) is 4.98. The van der Waals surface area contributed by atoms with Gasteiger partial charge in [-0.25, -0.2) is 4.39 Å². The van der Waals surface area contributed by atoms with Crippen LogP contribution >= 0.6 is 35.0 Å². The Hall–Kier alpha value is -0.740. The molecule has 0 fully saturated rings. The Morgan fingerprint density at radius 2 is 1.86 bits per heavy atom. The van der Waals surface area contributed by atoms with Gasteiger partial charge in [0.1, 0.15) is 5.82 Å². The van der Waals surface area contributed by atoms with Crippen LogP contribution in [-0.4, -0.2) is 6.04 Å². The first-order valence-corrected chi connectivity index (χ1v) is 8.17. The summed E-state index contributed by atoms with van der Waals surface area (Å²) in [6.45, 7) is 4.78. The fourth-order valence-electron chi connectivity index (χ4n) is 1.73. The summed E-state index contributed by atoms with van der Waals surface area (Å²) in [7, 11) is 0. The van der Waals surface area contributed by atoms with Gasteiger partial charge < -0.3 is 5.32 Å². The number of halogens is 3. The molecule has 0 aliphatic rings. The fraction of sp³-hybridized carbons (Fsp3) is 0.250. The van der Waals surface area contributed by atoms with Crippen LogP contribution in [0.2, 0.25) is 10.0 Å². The predicted octanol–water partition coefficient (Wildman–Crippen LogP) is 5.78. The van der Waals surface area contributed by atoms with Crippen LogP contribution in [0.3, 0.4) is 0 Å². The standard InChI is InChI=1S/C16H16Cl2FNS/c1-10(2)20-9-11-3-6-16(15(19)7-11)21-12-4-5-13(17)14(18)8-12/h3-8,10,20H,9H2,1-2H3. The summed E-state index contributed by atoms with van der Waals surface area (Å²) in [5.74, 6) is -0.228. The molecule has 0 aliphatic heterocycles. The lowest BCUT2D eigenvalue weighted by Crippen LogP contribution is -2.21. The van der Waals surface area contributed by atoms with Crippen molar-refractivity contribution >= 4 is 35.0 Å². The number of nitrogens with one attached hydrogen (secondary N) is 1. The molecule has 0 saturated carbocycles. The molecule has 2 rings (SSSR count). The molecule has 21 heavy (non-hydrogen) atoms. The molecule has 1 nitrogen and oxygen atoms in total. The zero-order valence-electron chi connectivity index (χ0n) is 11.8. The number of hydrogen-bond acceptors (Lipinski definition) is 2. The van der Waals surface area contributed by atoms with Gasteiger partial charge in [-0.15, -0.1) is 0 Å². The molecule has 0 radical (unpaired) electrons. The average molecular weight is 344 g/mol. The minimum absolute atomic E-state index is 0.228. The van der Waals surface area contributed by atoms with Crippen LogP contribution in [0.1, 0.15) is 19.4 Å². The van der Waals surface area contributed by atoms with Gasteiger partial charge in [0.25, 0.3) is 0 Å². The van der Waals surface area contributed by atoms with E-state index in [1.165, 1.54) is 11.8 Å². The van der Waals surface area contributed by atoms with Crippen molar-refractivity contribution in [3.63, 3.8) is 0 Å². The molecule has 0 spiro atoms. The van der Waals surface area contributed by atoms with Crippen LogP contribution in [0.4, 0.5) is 4.39 Å². The van der Waals surface area contributed by atoms with Crippen LogP contribution in [0, 0.1) is 5.82 Å². The molecule has 0 atom stereocenters. The van der Waals surface area contributed by atoms with Crippen LogP contribution in [0.5, 0.6) is 0 Å². The molecule has 2 aromatic rings. The smallest absolute Gasteiger partial charge is 0.137 e. The quantitative estimate of drug-likeness (QED) is 0.738. The fourth-order valence-corrected chi connectivity index (χ4v) is 2.95.